The van der Waals surface area contributed by atoms with Gasteiger partial charge in [0.1, 0.15) is 0 Å². The average Bonchev–Trinajstić information content (AvgIpc) is 2.69. The number of aryl methyl sites for hydroxylation is 1. The summed E-state index contributed by atoms with van der Waals surface area (Å²) >= 11 is 0. The number of fused-ring (bicyclic) bond motifs is 1. The first-order valence-corrected chi connectivity index (χ1v) is 6.81. The molecule has 4 heteroatoms. The van der Waals surface area contributed by atoms with Crippen molar-refractivity contribution in [3.05, 3.63) is 53.9 Å². The van der Waals surface area contributed by atoms with Crippen molar-refractivity contribution in [3.8, 4) is 0 Å². The number of benzene rings is 1. The molecule has 102 valence electrons. The lowest BCUT2D eigenvalue weighted by Gasteiger charge is -2.25. The highest BCUT2D eigenvalue weighted by Gasteiger charge is 2.21. The van der Waals surface area contributed by atoms with Gasteiger partial charge in [0.15, 0.2) is 5.69 Å². The number of hydrogen-bond donors (Lipinski definition) is 1. The number of pyridine rings is 1. The predicted octanol–water partition coefficient (Wildman–Crippen LogP) is 3.25. The summed E-state index contributed by atoms with van der Waals surface area (Å²) in [6.45, 7) is 0.822. The number of aromatic nitrogens is 1. The molecule has 4 nitrogen and oxygen atoms in total. The van der Waals surface area contributed by atoms with E-state index in [1.165, 1.54) is 11.8 Å². The normalized spacial score (nSPS) is 14.5. The van der Waals surface area contributed by atoms with Gasteiger partial charge < -0.3 is 10.0 Å². The van der Waals surface area contributed by atoms with E-state index in [4.69, 9.17) is 0 Å². The van der Waals surface area contributed by atoms with Gasteiger partial charge in [0, 0.05) is 18.4 Å². The van der Waals surface area contributed by atoms with E-state index in [1.807, 2.05) is 18.2 Å². The Morgan fingerprint density at radius 1 is 1.10 bits per heavy atom. The van der Waals surface area contributed by atoms with E-state index in [0.717, 1.165) is 31.5 Å². The number of carboxylic acids is 1. The maximum atomic E-state index is 11.4. The van der Waals surface area contributed by atoms with E-state index in [1.54, 1.807) is 6.07 Å². The van der Waals surface area contributed by atoms with Crippen LogP contribution in [-0.4, -0.2) is 22.6 Å². The molecule has 3 rings (SSSR count). The van der Waals surface area contributed by atoms with Crippen LogP contribution in [0, 0.1) is 0 Å². The SMILES string of the molecule is O=C(O)c1ncccc1N1CCCCc2ccccc21. The molecule has 0 atom stereocenters. The lowest BCUT2D eigenvalue weighted by molar-refractivity contribution is 0.0691. The van der Waals surface area contributed by atoms with Crippen LogP contribution in [0.2, 0.25) is 0 Å². The first kappa shape index (κ1) is 12.7. The van der Waals surface area contributed by atoms with Gasteiger partial charge >= 0.3 is 5.97 Å². The van der Waals surface area contributed by atoms with Crippen molar-refractivity contribution < 1.29 is 9.90 Å². The number of aromatic carboxylic acids is 1. The van der Waals surface area contributed by atoms with E-state index in [0.29, 0.717) is 5.69 Å². The van der Waals surface area contributed by atoms with Gasteiger partial charge in [-0.25, -0.2) is 9.78 Å². The Morgan fingerprint density at radius 3 is 2.75 bits per heavy atom. The second-order valence-corrected chi connectivity index (χ2v) is 4.91. The summed E-state index contributed by atoms with van der Waals surface area (Å²) in [5.41, 5.74) is 3.16. The number of hydrogen-bond acceptors (Lipinski definition) is 3. The molecule has 20 heavy (non-hydrogen) atoms. The number of nitrogens with zero attached hydrogens (tertiary/aromatic N) is 2. The molecule has 0 spiro atoms. The summed E-state index contributed by atoms with van der Waals surface area (Å²) in [6, 6.07) is 11.8. The number of para-hydroxylation sites is 1. The van der Waals surface area contributed by atoms with Crippen LogP contribution in [0.5, 0.6) is 0 Å². The highest BCUT2D eigenvalue weighted by Crippen LogP contribution is 2.33. The van der Waals surface area contributed by atoms with Gasteiger partial charge in [-0.15, -0.1) is 0 Å². The molecule has 0 unspecified atom stereocenters. The van der Waals surface area contributed by atoms with Crippen molar-refractivity contribution in [2.75, 3.05) is 11.4 Å². The van der Waals surface area contributed by atoms with Crippen molar-refractivity contribution in [1.29, 1.82) is 0 Å². The quantitative estimate of drug-likeness (QED) is 0.908. The van der Waals surface area contributed by atoms with Crippen molar-refractivity contribution in [2.24, 2.45) is 0 Å². The lowest BCUT2D eigenvalue weighted by atomic mass is 10.1. The Kier molecular flexibility index (Phi) is 3.37. The molecular weight excluding hydrogens is 252 g/mol. The molecule has 0 radical (unpaired) electrons. The Morgan fingerprint density at radius 2 is 1.90 bits per heavy atom. The third-order valence-electron chi connectivity index (χ3n) is 3.64. The van der Waals surface area contributed by atoms with Crippen LogP contribution in [-0.2, 0) is 6.42 Å². The summed E-state index contributed by atoms with van der Waals surface area (Å²) in [6.07, 6.45) is 4.73. The maximum Gasteiger partial charge on any atom is 0.356 e. The largest absolute Gasteiger partial charge is 0.476 e. The molecule has 2 aromatic rings. The van der Waals surface area contributed by atoms with Gasteiger partial charge in [-0.05, 0) is 43.0 Å². The van der Waals surface area contributed by atoms with Gasteiger partial charge in [-0.2, -0.15) is 0 Å². The zero-order chi connectivity index (χ0) is 13.9. The highest BCUT2D eigenvalue weighted by atomic mass is 16.4. The molecule has 0 saturated carbocycles. The number of anilines is 2. The van der Waals surface area contributed by atoms with Gasteiger partial charge in [0.05, 0.1) is 5.69 Å². The second kappa shape index (κ2) is 5.33. The fourth-order valence-electron chi connectivity index (χ4n) is 2.72. The molecule has 1 aliphatic rings. The summed E-state index contributed by atoms with van der Waals surface area (Å²) in [7, 11) is 0. The van der Waals surface area contributed by atoms with Gasteiger partial charge in [-0.1, -0.05) is 18.2 Å². The molecule has 2 heterocycles. The van der Waals surface area contributed by atoms with Crippen LogP contribution in [0.1, 0.15) is 28.9 Å². The smallest absolute Gasteiger partial charge is 0.356 e. The van der Waals surface area contributed by atoms with Crippen molar-refractivity contribution >= 4 is 17.3 Å². The van der Waals surface area contributed by atoms with Crippen LogP contribution >= 0.6 is 0 Å². The minimum atomic E-state index is -0.984. The molecule has 0 fully saturated rings. The maximum absolute atomic E-state index is 11.4. The average molecular weight is 268 g/mol. The van der Waals surface area contributed by atoms with E-state index < -0.39 is 5.97 Å². The summed E-state index contributed by atoms with van der Waals surface area (Å²) in [5.74, 6) is -0.984. The first-order chi connectivity index (χ1) is 9.77. The predicted molar refractivity (Wildman–Crippen MR) is 77.6 cm³/mol. The zero-order valence-corrected chi connectivity index (χ0v) is 11.1. The number of rotatable bonds is 2. The molecule has 1 aromatic carbocycles. The van der Waals surface area contributed by atoms with E-state index >= 15 is 0 Å². The monoisotopic (exact) mass is 268 g/mol. The Hall–Kier alpha value is -2.36. The molecule has 1 N–H and O–H groups in total. The van der Waals surface area contributed by atoms with Gasteiger partial charge in [0.2, 0.25) is 0 Å². The Labute approximate surface area is 117 Å². The van der Waals surface area contributed by atoms with Crippen LogP contribution < -0.4 is 4.90 Å². The Bertz CT molecular complexity index is 640. The summed E-state index contributed by atoms with van der Waals surface area (Å²) in [5, 5.41) is 9.33. The second-order valence-electron chi connectivity index (χ2n) is 4.91. The number of carbonyl (C=O) groups is 1. The zero-order valence-electron chi connectivity index (χ0n) is 11.1. The molecule has 1 aliphatic heterocycles. The van der Waals surface area contributed by atoms with Crippen LogP contribution in [0.15, 0.2) is 42.6 Å². The highest BCUT2D eigenvalue weighted by molar-refractivity contribution is 5.93. The van der Waals surface area contributed by atoms with E-state index in [9.17, 15) is 9.90 Å². The molecule has 0 amide bonds. The molecule has 0 aliphatic carbocycles. The topological polar surface area (TPSA) is 53.4 Å². The lowest BCUT2D eigenvalue weighted by Crippen LogP contribution is -2.21. The summed E-state index contributed by atoms with van der Waals surface area (Å²) in [4.78, 5) is 17.5. The number of carboxylic acid groups (broad SMARTS) is 1. The summed E-state index contributed by atoms with van der Waals surface area (Å²) < 4.78 is 0. The Balaban J connectivity index is 2.13. The fourth-order valence-corrected chi connectivity index (χ4v) is 2.72. The standard InChI is InChI=1S/C16H16N2O2/c19-16(20)15-14(9-5-10-17-15)18-11-4-3-7-12-6-1-2-8-13(12)18/h1-2,5-6,8-10H,3-4,7,11H2,(H,19,20). The minimum Gasteiger partial charge on any atom is -0.476 e. The van der Waals surface area contributed by atoms with Crippen LogP contribution in [0.25, 0.3) is 0 Å². The van der Waals surface area contributed by atoms with E-state index in [2.05, 4.69) is 22.0 Å². The molecular formula is C16H16N2O2. The van der Waals surface area contributed by atoms with E-state index in [-0.39, 0.29) is 5.69 Å². The van der Waals surface area contributed by atoms with Crippen molar-refractivity contribution in [1.82, 2.24) is 4.98 Å². The van der Waals surface area contributed by atoms with Gasteiger partial charge in [0.25, 0.3) is 0 Å². The molecule has 0 saturated heterocycles. The van der Waals surface area contributed by atoms with Crippen LogP contribution in [0.3, 0.4) is 0 Å². The third-order valence-corrected chi connectivity index (χ3v) is 3.64. The third kappa shape index (κ3) is 2.25. The van der Waals surface area contributed by atoms with Crippen LogP contribution in [0.4, 0.5) is 11.4 Å². The fraction of sp³-hybridized carbons (Fsp3) is 0.250. The molecule has 0 bridgehead atoms. The molecule has 1 aromatic heterocycles. The van der Waals surface area contributed by atoms with Crippen molar-refractivity contribution in [2.45, 2.75) is 19.3 Å². The van der Waals surface area contributed by atoms with Gasteiger partial charge in [-0.3, -0.25) is 0 Å². The first-order valence-electron chi connectivity index (χ1n) is 6.81. The van der Waals surface area contributed by atoms with Crippen molar-refractivity contribution in [3.63, 3.8) is 0 Å². The minimum absolute atomic E-state index is 0.115.